The first-order chi connectivity index (χ1) is 6.43. The van der Waals surface area contributed by atoms with Crippen LogP contribution in [0.15, 0.2) is 0 Å². The average molecular weight is 235 g/mol. The summed E-state index contributed by atoms with van der Waals surface area (Å²) in [6.07, 6.45) is 0. The van der Waals surface area contributed by atoms with Gasteiger partial charge in [-0.1, -0.05) is 24.0 Å². The van der Waals surface area contributed by atoms with Crippen LogP contribution in [0.5, 0.6) is 0 Å². The van der Waals surface area contributed by atoms with Crippen molar-refractivity contribution in [3.05, 3.63) is 0 Å². The second-order valence-corrected chi connectivity index (χ2v) is 4.68. The van der Waals surface area contributed by atoms with Crippen molar-refractivity contribution in [1.29, 1.82) is 0 Å². The fraction of sp³-hybridized carbons (Fsp3) is 0.571. The molecule has 1 saturated heterocycles. The van der Waals surface area contributed by atoms with Crippen LogP contribution in [0.4, 0.5) is 0 Å². The number of hydrogen-bond acceptors (Lipinski definition) is 4. The van der Waals surface area contributed by atoms with Crippen LogP contribution in [-0.2, 0) is 9.59 Å². The van der Waals surface area contributed by atoms with Crippen molar-refractivity contribution in [2.75, 3.05) is 6.54 Å². The van der Waals surface area contributed by atoms with Gasteiger partial charge in [0.1, 0.15) is 16.1 Å². The van der Waals surface area contributed by atoms with E-state index in [0.29, 0.717) is 4.32 Å². The second-order valence-electron chi connectivity index (χ2n) is 2.90. The number of carboxylic acids is 2. The summed E-state index contributed by atoms with van der Waals surface area (Å²) in [5.41, 5.74) is 0. The third kappa shape index (κ3) is 2.16. The Labute approximate surface area is 90.1 Å². The van der Waals surface area contributed by atoms with Crippen molar-refractivity contribution < 1.29 is 19.8 Å². The number of thioether (sulfide) groups is 1. The van der Waals surface area contributed by atoms with Crippen molar-refractivity contribution in [3.63, 3.8) is 0 Å². The van der Waals surface area contributed by atoms with Crippen LogP contribution in [0.3, 0.4) is 0 Å². The molecule has 1 fully saturated rings. The summed E-state index contributed by atoms with van der Waals surface area (Å²) in [6, 6.07) is -0.374. The molecule has 1 aliphatic heterocycles. The average Bonchev–Trinajstić information content (AvgIpc) is 2.31. The van der Waals surface area contributed by atoms with Gasteiger partial charge < -0.3 is 15.1 Å². The molecule has 78 valence electrons. The summed E-state index contributed by atoms with van der Waals surface area (Å²) in [6.45, 7) is 1.42. The van der Waals surface area contributed by atoms with E-state index < -0.39 is 17.2 Å². The first-order valence-electron chi connectivity index (χ1n) is 3.85. The van der Waals surface area contributed by atoms with E-state index in [9.17, 15) is 9.59 Å². The Morgan fingerprint density at radius 1 is 1.57 bits per heavy atom. The summed E-state index contributed by atoms with van der Waals surface area (Å²) in [5.74, 6) is -1.97. The molecule has 0 radical (unpaired) electrons. The summed E-state index contributed by atoms with van der Waals surface area (Å²) in [7, 11) is 0. The second kappa shape index (κ2) is 4.14. The molecule has 0 aliphatic carbocycles. The maximum absolute atomic E-state index is 10.7. The third-order valence-electron chi connectivity index (χ3n) is 1.94. The smallest absolute Gasteiger partial charge is 0.323 e. The van der Waals surface area contributed by atoms with Crippen LogP contribution in [0, 0.1) is 0 Å². The van der Waals surface area contributed by atoms with E-state index in [1.165, 1.54) is 4.90 Å². The van der Waals surface area contributed by atoms with Gasteiger partial charge in [0.2, 0.25) is 0 Å². The summed E-state index contributed by atoms with van der Waals surface area (Å²) < 4.78 is 0.340. The molecule has 0 aromatic carbocycles. The largest absolute Gasteiger partial charge is 0.480 e. The summed E-state index contributed by atoms with van der Waals surface area (Å²) in [5, 5.41) is 16.7. The fourth-order valence-corrected chi connectivity index (χ4v) is 2.79. The number of hydrogen-bond donors (Lipinski definition) is 2. The maximum Gasteiger partial charge on any atom is 0.323 e. The molecule has 1 aliphatic rings. The van der Waals surface area contributed by atoms with E-state index in [1.54, 1.807) is 6.92 Å². The number of thiocarbonyl (C=S) groups is 1. The minimum atomic E-state index is -1.01. The molecule has 0 spiro atoms. The molecule has 1 rings (SSSR count). The molecule has 0 amide bonds. The number of aliphatic carboxylic acids is 2. The zero-order chi connectivity index (χ0) is 10.9. The molecule has 0 saturated carbocycles. The van der Waals surface area contributed by atoms with Gasteiger partial charge >= 0.3 is 11.9 Å². The van der Waals surface area contributed by atoms with Crippen LogP contribution in [-0.4, -0.2) is 49.2 Å². The highest BCUT2D eigenvalue weighted by atomic mass is 32.2. The standard InChI is InChI=1S/C7H9NO4S2/c1-3-5(6(11)12)14-7(13)8(3)2-4(9)10/h3,5H,2H2,1H3,(H,9,10)(H,11,12). The quantitative estimate of drug-likeness (QED) is 0.679. The van der Waals surface area contributed by atoms with Crippen LogP contribution < -0.4 is 0 Å². The van der Waals surface area contributed by atoms with E-state index in [0.717, 1.165) is 11.8 Å². The van der Waals surface area contributed by atoms with Gasteiger partial charge in [0.05, 0.1) is 6.04 Å². The highest BCUT2D eigenvalue weighted by Crippen LogP contribution is 2.31. The molecule has 2 atom stereocenters. The molecule has 14 heavy (non-hydrogen) atoms. The maximum atomic E-state index is 10.7. The number of carbonyl (C=O) groups is 2. The first-order valence-corrected chi connectivity index (χ1v) is 5.14. The van der Waals surface area contributed by atoms with Crippen molar-refractivity contribution in [3.8, 4) is 0 Å². The SMILES string of the molecule is CC1C(C(=O)O)SC(=S)N1CC(=O)O. The predicted molar refractivity (Wildman–Crippen MR) is 55.4 cm³/mol. The van der Waals surface area contributed by atoms with Crippen molar-refractivity contribution in [2.45, 2.75) is 18.2 Å². The molecule has 5 nitrogen and oxygen atoms in total. The minimum Gasteiger partial charge on any atom is -0.480 e. The molecule has 1 heterocycles. The Kier molecular flexibility index (Phi) is 3.33. The number of carboxylic acid groups (broad SMARTS) is 2. The Morgan fingerprint density at radius 2 is 2.14 bits per heavy atom. The number of rotatable bonds is 3. The van der Waals surface area contributed by atoms with Crippen molar-refractivity contribution in [2.24, 2.45) is 0 Å². The molecule has 2 N–H and O–H groups in total. The van der Waals surface area contributed by atoms with Gasteiger partial charge in [-0.05, 0) is 6.92 Å². The molecule has 2 unspecified atom stereocenters. The van der Waals surface area contributed by atoms with Gasteiger partial charge in [-0.15, -0.1) is 0 Å². The molecule has 0 aromatic rings. The molecule has 0 bridgehead atoms. The summed E-state index contributed by atoms with van der Waals surface area (Å²) in [4.78, 5) is 22.6. The van der Waals surface area contributed by atoms with E-state index in [1.807, 2.05) is 0 Å². The normalized spacial score (nSPS) is 26.6. The Bertz CT molecular complexity index is 293. The Balaban J connectivity index is 2.74. The monoisotopic (exact) mass is 235 g/mol. The van der Waals surface area contributed by atoms with Gasteiger partial charge in [0, 0.05) is 0 Å². The van der Waals surface area contributed by atoms with Gasteiger partial charge in [0.15, 0.2) is 0 Å². The van der Waals surface area contributed by atoms with Gasteiger partial charge in [-0.2, -0.15) is 0 Å². The first kappa shape index (κ1) is 11.3. The van der Waals surface area contributed by atoms with Gasteiger partial charge in [-0.25, -0.2) is 0 Å². The van der Waals surface area contributed by atoms with Crippen LogP contribution in [0.2, 0.25) is 0 Å². The third-order valence-corrected chi connectivity index (χ3v) is 3.75. The van der Waals surface area contributed by atoms with Crippen molar-refractivity contribution in [1.82, 2.24) is 4.90 Å². The zero-order valence-electron chi connectivity index (χ0n) is 7.34. The lowest BCUT2D eigenvalue weighted by Crippen LogP contribution is -2.40. The lowest BCUT2D eigenvalue weighted by molar-refractivity contribution is -0.140. The number of nitrogens with zero attached hydrogens (tertiary/aromatic N) is 1. The molecule has 0 aromatic heterocycles. The fourth-order valence-electron chi connectivity index (χ4n) is 1.22. The van der Waals surface area contributed by atoms with Gasteiger partial charge in [0.25, 0.3) is 0 Å². The van der Waals surface area contributed by atoms with E-state index in [-0.39, 0.29) is 12.6 Å². The Morgan fingerprint density at radius 3 is 2.50 bits per heavy atom. The minimum absolute atomic E-state index is 0.239. The van der Waals surface area contributed by atoms with Crippen molar-refractivity contribution >= 4 is 40.2 Å². The van der Waals surface area contributed by atoms with Crippen LogP contribution in [0.25, 0.3) is 0 Å². The highest BCUT2D eigenvalue weighted by molar-refractivity contribution is 8.24. The topological polar surface area (TPSA) is 77.8 Å². The zero-order valence-corrected chi connectivity index (χ0v) is 8.97. The van der Waals surface area contributed by atoms with E-state index >= 15 is 0 Å². The van der Waals surface area contributed by atoms with Crippen LogP contribution >= 0.6 is 24.0 Å². The summed E-state index contributed by atoms with van der Waals surface area (Å²) >= 11 is 5.92. The van der Waals surface area contributed by atoms with E-state index in [4.69, 9.17) is 22.4 Å². The molecular formula is C7H9NO4S2. The van der Waals surface area contributed by atoms with Gasteiger partial charge in [-0.3, -0.25) is 9.59 Å². The Hall–Kier alpha value is -0.820. The van der Waals surface area contributed by atoms with Crippen LogP contribution in [0.1, 0.15) is 6.92 Å². The highest BCUT2D eigenvalue weighted by Gasteiger charge is 2.40. The predicted octanol–water partition coefficient (Wildman–Crippen LogP) is 0.246. The lowest BCUT2D eigenvalue weighted by Gasteiger charge is -2.21. The lowest BCUT2D eigenvalue weighted by atomic mass is 10.2. The van der Waals surface area contributed by atoms with E-state index in [2.05, 4.69) is 0 Å². The molecular weight excluding hydrogens is 226 g/mol. The molecule has 7 heteroatoms.